The quantitative estimate of drug-likeness (QED) is 0.134. The van der Waals surface area contributed by atoms with Gasteiger partial charge in [0.2, 0.25) is 0 Å². The fraction of sp³-hybridized carbons (Fsp3) is 0. The number of fused-ring (bicyclic) bond motifs is 8. The van der Waals surface area contributed by atoms with Gasteiger partial charge in [-0.15, -0.1) is 0 Å². The van der Waals surface area contributed by atoms with Gasteiger partial charge < -0.3 is 18.8 Å². The summed E-state index contributed by atoms with van der Waals surface area (Å²) < 4.78 is 5.26. The molecule has 0 spiro atoms. The number of benzene rings is 11. The fourth-order valence-corrected chi connectivity index (χ4v) is 11.6. The Morgan fingerprint density at radius 1 is 0.282 bits per heavy atom. The molecule has 0 N–H and O–H groups in total. The summed E-state index contributed by atoms with van der Waals surface area (Å²) in [6, 6.07) is 99.8. The average Bonchev–Trinajstić information content (AvgIpc) is 3.96. The number of hydrogen-bond donors (Lipinski definition) is 0. The van der Waals surface area contributed by atoms with Crippen molar-refractivity contribution >= 4 is 95.5 Å². The Labute approximate surface area is 413 Å². The second-order valence-electron chi connectivity index (χ2n) is 18.4. The van der Waals surface area contributed by atoms with E-state index in [2.05, 4.69) is 292 Å². The first-order valence-corrected chi connectivity index (χ1v) is 24.5. The summed E-state index contributed by atoms with van der Waals surface area (Å²) in [5.74, 6) is 0. The first kappa shape index (κ1) is 40.7. The van der Waals surface area contributed by atoms with Crippen molar-refractivity contribution in [1.29, 1.82) is 0 Å². The summed E-state index contributed by atoms with van der Waals surface area (Å²) in [6.45, 7) is -0.238. The summed E-state index contributed by atoms with van der Waals surface area (Å²) in [5, 5.41) is 4.85. The van der Waals surface area contributed by atoms with Crippen LogP contribution in [-0.2, 0) is 0 Å². The molecular formula is C66H45BN4. The van der Waals surface area contributed by atoms with Crippen molar-refractivity contribution in [2.24, 2.45) is 0 Å². The van der Waals surface area contributed by atoms with Crippen LogP contribution in [0.3, 0.4) is 0 Å². The molecule has 11 aromatic carbocycles. The highest BCUT2D eigenvalue weighted by atomic mass is 15.2. The normalized spacial score (nSPS) is 11.9. The monoisotopic (exact) mass is 904 g/mol. The zero-order chi connectivity index (χ0) is 46.8. The molecule has 0 unspecified atom stereocenters. The van der Waals surface area contributed by atoms with Crippen LogP contribution in [-0.4, -0.2) is 15.9 Å². The number of nitrogens with zero attached hydrogens (tertiary/aromatic N) is 4. The van der Waals surface area contributed by atoms with Crippen molar-refractivity contribution in [3.63, 3.8) is 0 Å². The van der Waals surface area contributed by atoms with Crippen LogP contribution in [0.25, 0.3) is 71.6 Å². The van der Waals surface area contributed by atoms with Crippen LogP contribution in [0.1, 0.15) is 0 Å². The number of anilines is 6. The predicted molar refractivity (Wildman–Crippen MR) is 301 cm³/mol. The van der Waals surface area contributed by atoms with E-state index in [-0.39, 0.29) is 6.85 Å². The highest BCUT2D eigenvalue weighted by Crippen LogP contribution is 2.46. The van der Waals surface area contributed by atoms with Crippen molar-refractivity contribution < 1.29 is 0 Å². The largest absolute Gasteiger partial charge is 0.375 e. The number of hydrogen-bond acceptors (Lipinski definition) is 2. The van der Waals surface area contributed by atoms with Gasteiger partial charge in [0.05, 0.1) is 11.0 Å². The van der Waals surface area contributed by atoms with E-state index in [1.54, 1.807) is 0 Å². The molecule has 0 saturated heterocycles. The maximum absolute atomic E-state index is 2.71. The summed E-state index contributed by atoms with van der Waals surface area (Å²) in [6.07, 6.45) is 0. The Morgan fingerprint density at radius 3 is 1.23 bits per heavy atom. The molecule has 0 bridgehead atoms. The van der Waals surface area contributed by atoms with E-state index in [0.717, 1.165) is 39.6 Å². The SMILES string of the molecule is c1ccc(-c2cccc3c4cccc(-c5ccccc5)c4n(B4c5ccccc5-n5c6ccc(N(c7ccccc7)c7ccccc7)cc6c6cc(N(c7ccccc7)c7ccccc7)cc4c65)c23)cc1. The van der Waals surface area contributed by atoms with Crippen LogP contribution in [0.2, 0.25) is 0 Å². The van der Waals surface area contributed by atoms with Crippen molar-refractivity contribution in [3.8, 4) is 27.9 Å². The lowest BCUT2D eigenvalue weighted by molar-refractivity contribution is 1.18. The Kier molecular flexibility index (Phi) is 9.59. The minimum Gasteiger partial charge on any atom is -0.375 e. The topological polar surface area (TPSA) is 16.3 Å². The third-order valence-electron chi connectivity index (χ3n) is 14.5. The molecule has 0 aliphatic carbocycles. The molecule has 5 heteroatoms. The van der Waals surface area contributed by atoms with Gasteiger partial charge in [0.15, 0.2) is 0 Å². The van der Waals surface area contributed by atoms with E-state index in [0.29, 0.717) is 0 Å². The van der Waals surface area contributed by atoms with E-state index < -0.39 is 0 Å². The molecule has 4 nitrogen and oxygen atoms in total. The van der Waals surface area contributed by atoms with Crippen molar-refractivity contribution in [2.75, 3.05) is 9.80 Å². The third kappa shape index (κ3) is 6.55. The minimum atomic E-state index is -0.238. The van der Waals surface area contributed by atoms with E-state index in [1.165, 1.54) is 77.0 Å². The van der Waals surface area contributed by atoms with Gasteiger partial charge in [0, 0.05) is 83.5 Å². The molecule has 332 valence electrons. The highest BCUT2D eigenvalue weighted by molar-refractivity contribution is 6.88. The van der Waals surface area contributed by atoms with Crippen LogP contribution in [0.4, 0.5) is 34.1 Å². The molecule has 0 saturated carbocycles. The minimum absolute atomic E-state index is 0.238. The Morgan fingerprint density at radius 2 is 0.718 bits per heavy atom. The van der Waals surface area contributed by atoms with E-state index in [9.17, 15) is 0 Å². The zero-order valence-corrected chi connectivity index (χ0v) is 38.8. The summed E-state index contributed by atoms with van der Waals surface area (Å²) >= 11 is 0. The summed E-state index contributed by atoms with van der Waals surface area (Å²) in [7, 11) is 0. The first-order chi connectivity index (χ1) is 35.3. The molecule has 2 aromatic heterocycles. The van der Waals surface area contributed by atoms with Crippen LogP contribution >= 0.6 is 0 Å². The maximum Gasteiger partial charge on any atom is 0.332 e. The van der Waals surface area contributed by atoms with Crippen LogP contribution in [0, 0.1) is 0 Å². The second kappa shape index (κ2) is 16.7. The second-order valence-corrected chi connectivity index (χ2v) is 18.4. The summed E-state index contributed by atoms with van der Waals surface area (Å²) in [4.78, 5) is 4.80. The molecular weight excluding hydrogens is 860 g/mol. The van der Waals surface area contributed by atoms with Gasteiger partial charge in [-0.1, -0.05) is 188 Å². The molecule has 1 aliphatic rings. The molecule has 0 amide bonds. The Bertz CT molecular complexity index is 3920. The molecule has 0 atom stereocenters. The number of para-hydroxylation sites is 7. The van der Waals surface area contributed by atoms with Crippen molar-refractivity contribution in [3.05, 3.63) is 273 Å². The lowest BCUT2D eigenvalue weighted by atomic mass is 9.48. The first-order valence-electron chi connectivity index (χ1n) is 24.5. The molecule has 14 rings (SSSR count). The average molecular weight is 905 g/mol. The number of aromatic nitrogens is 2. The Hall–Kier alpha value is -9.32. The number of rotatable bonds is 9. The summed E-state index contributed by atoms with van der Waals surface area (Å²) in [5.41, 5.74) is 19.8. The van der Waals surface area contributed by atoms with Gasteiger partial charge in [-0.2, -0.15) is 0 Å². The molecule has 13 aromatic rings. The molecule has 71 heavy (non-hydrogen) atoms. The van der Waals surface area contributed by atoms with Gasteiger partial charge in [-0.25, -0.2) is 0 Å². The standard InChI is InChI=1S/C66H45BN4/c1-7-23-46(24-8-1)54-35-21-37-56-57-38-22-36-55(47-25-9-2-10-26-47)65(57)71(64(54)56)67-60-39-19-20-40-63(60)70-62-42-41-52(68(48-27-11-3-12-28-48)49-29-13-4-14-30-49)43-58(62)59-44-53(45-61(67)66(59)70)69(50-31-15-5-16-32-50)51-33-17-6-18-34-51/h1-45H. The lowest BCUT2D eigenvalue weighted by Gasteiger charge is -2.31. The lowest BCUT2D eigenvalue weighted by Crippen LogP contribution is -2.53. The molecule has 0 radical (unpaired) electrons. The molecule has 1 aliphatic heterocycles. The van der Waals surface area contributed by atoms with Gasteiger partial charge in [-0.3, -0.25) is 0 Å². The van der Waals surface area contributed by atoms with E-state index in [1.807, 2.05) is 0 Å². The van der Waals surface area contributed by atoms with Crippen LogP contribution in [0.15, 0.2) is 273 Å². The van der Waals surface area contributed by atoms with Crippen molar-refractivity contribution in [1.82, 2.24) is 9.05 Å². The smallest absolute Gasteiger partial charge is 0.332 e. The van der Waals surface area contributed by atoms with Gasteiger partial charge in [0.25, 0.3) is 0 Å². The fourth-order valence-electron chi connectivity index (χ4n) is 11.6. The predicted octanol–water partition coefficient (Wildman–Crippen LogP) is 16.1. The Balaban J connectivity index is 1.15. The zero-order valence-electron chi connectivity index (χ0n) is 38.8. The highest BCUT2D eigenvalue weighted by Gasteiger charge is 2.38. The maximum atomic E-state index is 2.71. The van der Waals surface area contributed by atoms with Gasteiger partial charge >= 0.3 is 6.85 Å². The van der Waals surface area contributed by atoms with Crippen LogP contribution in [0.5, 0.6) is 0 Å². The van der Waals surface area contributed by atoms with Gasteiger partial charge in [-0.05, 0) is 107 Å². The molecule has 0 fully saturated rings. The molecule has 3 heterocycles. The van der Waals surface area contributed by atoms with Gasteiger partial charge in [0.1, 0.15) is 0 Å². The van der Waals surface area contributed by atoms with E-state index in [4.69, 9.17) is 0 Å². The van der Waals surface area contributed by atoms with Crippen molar-refractivity contribution in [2.45, 2.75) is 0 Å². The van der Waals surface area contributed by atoms with E-state index >= 15 is 0 Å². The third-order valence-corrected chi connectivity index (χ3v) is 14.5. The van der Waals surface area contributed by atoms with Crippen LogP contribution < -0.4 is 20.7 Å².